The zero-order chi connectivity index (χ0) is 13.2. The number of amides is 1. The van der Waals surface area contributed by atoms with Crippen LogP contribution in [0.1, 0.15) is 17.3 Å². The van der Waals surface area contributed by atoms with Crippen LogP contribution >= 0.6 is 0 Å². The summed E-state index contributed by atoms with van der Waals surface area (Å²) in [7, 11) is 0. The van der Waals surface area contributed by atoms with Crippen molar-refractivity contribution in [1.82, 2.24) is 4.90 Å². The number of hydrogen-bond donors (Lipinski definition) is 1. The molecule has 0 saturated carbocycles. The van der Waals surface area contributed by atoms with Gasteiger partial charge in [0.15, 0.2) is 0 Å². The molecule has 4 nitrogen and oxygen atoms in total. The molecule has 0 atom stereocenters. The van der Waals surface area contributed by atoms with E-state index in [2.05, 4.69) is 6.58 Å². The number of ether oxygens (including phenoxy) is 1. The van der Waals surface area contributed by atoms with Gasteiger partial charge in [-0.15, -0.1) is 0 Å². The van der Waals surface area contributed by atoms with Crippen LogP contribution in [0.3, 0.4) is 0 Å². The molecule has 2 rings (SSSR count). The van der Waals surface area contributed by atoms with E-state index in [-0.39, 0.29) is 5.91 Å². The van der Waals surface area contributed by atoms with Crippen LogP contribution < -0.4 is 4.74 Å². The largest absolute Gasteiger partial charge is 0.489 e. The smallest absolute Gasteiger partial charge is 0.257 e. The lowest BCUT2D eigenvalue weighted by atomic mass is 9.96. The minimum absolute atomic E-state index is 0.110. The maximum Gasteiger partial charge on any atom is 0.257 e. The van der Waals surface area contributed by atoms with E-state index >= 15 is 0 Å². The Bertz CT molecular complexity index is 460. The van der Waals surface area contributed by atoms with E-state index in [1.807, 2.05) is 6.07 Å². The van der Waals surface area contributed by atoms with Crippen LogP contribution in [0.25, 0.3) is 0 Å². The molecule has 1 aliphatic heterocycles. The third kappa shape index (κ3) is 2.54. The van der Waals surface area contributed by atoms with Gasteiger partial charge in [0.1, 0.15) is 12.4 Å². The Morgan fingerprint density at radius 2 is 2.22 bits per heavy atom. The van der Waals surface area contributed by atoms with Gasteiger partial charge in [0.25, 0.3) is 5.91 Å². The molecule has 1 aromatic rings. The number of aliphatic hydroxyl groups is 1. The number of likely N-dealkylation sites (tertiary alicyclic amines) is 1. The number of carbonyl (C=O) groups is 1. The maximum atomic E-state index is 12.2. The van der Waals surface area contributed by atoms with Crippen molar-refractivity contribution in [2.24, 2.45) is 0 Å². The lowest BCUT2D eigenvalue weighted by Gasteiger charge is -2.44. The zero-order valence-corrected chi connectivity index (χ0v) is 10.4. The zero-order valence-electron chi connectivity index (χ0n) is 10.4. The maximum absolute atomic E-state index is 12.2. The van der Waals surface area contributed by atoms with Gasteiger partial charge < -0.3 is 14.7 Å². The molecule has 1 saturated heterocycles. The predicted molar refractivity (Wildman–Crippen MR) is 68.7 cm³/mol. The van der Waals surface area contributed by atoms with E-state index in [0.717, 1.165) is 0 Å². The first kappa shape index (κ1) is 12.6. The first-order chi connectivity index (χ1) is 8.53. The minimum Gasteiger partial charge on any atom is -0.489 e. The number of nitrogens with zero attached hydrogens (tertiary/aromatic N) is 1. The number of hydrogen-bond acceptors (Lipinski definition) is 3. The molecule has 1 aromatic carbocycles. The summed E-state index contributed by atoms with van der Waals surface area (Å²) < 4.78 is 5.45. The average molecular weight is 247 g/mol. The first-order valence-electron chi connectivity index (χ1n) is 5.88. The SMILES string of the molecule is C=CCOc1ccccc1C(=O)N1CC(C)(O)C1. The lowest BCUT2D eigenvalue weighted by molar-refractivity contribution is -0.0669. The van der Waals surface area contributed by atoms with Gasteiger partial charge >= 0.3 is 0 Å². The summed E-state index contributed by atoms with van der Waals surface area (Å²) >= 11 is 0. The van der Waals surface area contributed by atoms with Gasteiger partial charge in [0.05, 0.1) is 24.3 Å². The Morgan fingerprint density at radius 3 is 2.83 bits per heavy atom. The molecule has 18 heavy (non-hydrogen) atoms. The van der Waals surface area contributed by atoms with Gasteiger partial charge in [-0.1, -0.05) is 24.8 Å². The third-order valence-corrected chi connectivity index (χ3v) is 2.82. The molecular weight excluding hydrogens is 230 g/mol. The molecule has 0 aromatic heterocycles. The number of β-amino-alcohol motifs (C(OH)–C–C–N with tert-alkyl or cyclic N) is 1. The Hall–Kier alpha value is -1.81. The summed E-state index contributed by atoms with van der Waals surface area (Å²) in [5.41, 5.74) is -0.234. The minimum atomic E-state index is -0.757. The first-order valence-corrected chi connectivity index (χ1v) is 5.88. The van der Waals surface area contributed by atoms with Crippen LogP contribution in [0.4, 0.5) is 0 Å². The fraction of sp³-hybridized carbons (Fsp3) is 0.357. The second kappa shape index (κ2) is 4.82. The van der Waals surface area contributed by atoms with E-state index in [0.29, 0.717) is 31.0 Å². The highest BCUT2D eigenvalue weighted by Crippen LogP contribution is 2.26. The summed E-state index contributed by atoms with van der Waals surface area (Å²) in [4.78, 5) is 13.8. The van der Waals surface area contributed by atoms with Crippen molar-refractivity contribution in [3.8, 4) is 5.75 Å². The molecule has 0 aliphatic carbocycles. The predicted octanol–water partition coefficient (Wildman–Crippen LogP) is 1.46. The molecule has 1 heterocycles. The number of benzene rings is 1. The summed E-state index contributed by atoms with van der Waals surface area (Å²) in [6.45, 7) is 6.39. The molecule has 1 N–H and O–H groups in total. The Labute approximate surface area is 106 Å². The highest BCUT2D eigenvalue weighted by atomic mass is 16.5. The Balaban J connectivity index is 2.12. The normalized spacial score (nSPS) is 16.9. The monoisotopic (exact) mass is 247 g/mol. The summed E-state index contributed by atoms with van der Waals surface area (Å²) in [5, 5.41) is 9.65. The highest BCUT2D eigenvalue weighted by molar-refractivity contribution is 5.97. The molecule has 1 aliphatic rings. The van der Waals surface area contributed by atoms with E-state index in [4.69, 9.17) is 4.74 Å². The van der Waals surface area contributed by atoms with Gasteiger partial charge in [0, 0.05) is 0 Å². The molecular formula is C14H17NO3. The second-order valence-corrected chi connectivity index (χ2v) is 4.75. The van der Waals surface area contributed by atoms with Crippen molar-refractivity contribution in [2.75, 3.05) is 19.7 Å². The van der Waals surface area contributed by atoms with Gasteiger partial charge in [-0.2, -0.15) is 0 Å². The van der Waals surface area contributed by atoms with E-state index in [1.54, 1.807) is 36.1 Å². The molecule has 1 amide bonds. The molecule has 0 spiro atoms. The molecule has 96 valence electrons. The molecule has 1 fully saturated rings. The number of para-hydroxylation sites is 1. The van der Waals surface area contributed by atoms with Crippen LogP contribution in [0, 0.1) is 0 Å². The standard InChI is InChI=1S/C14H17NO3/c1-3-8-18-12-7-5-4-6-11(12)13(16)15-9-14(2,17)10-15/h3-7,17H,1,8-10H2,2H3. The third-order valence-electron chi connectivity index (χ3n) is 2.82. The molecule has 4 heteroatoms. The van der Waals surface area contributed by atoms with Crippen LogP contribution in [-0.4, -0.2) is 41.2 Å². The number of rotatable bonds is 4. The van der Waals surface area contributed by atoms with Crippen LogP contribution in [0.5, 0.6) is 5.75 Å². The van der Waals surface area contributed by atoms with E-state index < -0.39 is 5.60 Å². The molecule has 0 unspecified atom stereocenters. The van der Waals surface area contributed by atoms with Crippen molar-refractivity contribution in [1.29, 1.82) is 0 Å². The quantitative estimate of drug-likeness (QED) is 0.819. The fourth-order valence-corrected chi connectivity index (χ4v) is 2.01. The van der Waals surface area contributed by atoms with Gasteiger partial charge in [0.2, 0.25) is 0 Å². The Morgan fingerprint density at radius 1 is 1.56 bits per heavy atom. The van der Waals surface area contributed by atoms with Gasteiger partial charge in [-0.05, 0) is 19.1 Å². The number of carbonyl (C=O) groups excluding carboxylic acids is 1. The van der Waals surface area contributed by atoms with Crippen LogP contribution in [0.2, 0.25) is 0 Å². The van der Waals surface area contributed by atoms with Gasteiger partial charge in [-0.25, -0.2) is 0 Å². The van der Waals surface area contributed by atoms with Crippen molar-refractivity contribution in [3.63, 3.8) is 0 Å². The van der Waals surface area contributed by atoms with Crippen molar-refractivity contribution < 1.29 is 14.6 Å². The highest BCUT2D eigenvalue weighted by Gasteiger charge is 2.40. The van der Waals surface area contributed by atoms with Crippen LogP contribution in [0.15, 0.2) is 36.9 Å². The van der Waals surface area contributed by atoms with E-state index in [1.165, 1.54) is 0 Å². The van der Waals surface area contributed by atoms with Gasteiger partial charge in [-0.3, -0.25) is 4.79 Å². The van der Waals surface area contributed by atoms with Crippen LogP contribution in [-0.2, 0) is 0 Å². The van der Waals surface area contributed by atoms with Crippen molar-refractivity contribution >= 4 is 5.91 Å². The summed E-state index contributed by atoms with van der Waals surface area (Å²) in [6, 6.07) is 7.11. The Kier molecular flexibility index (Phi) is 3.39. The van der Waals surface area contributed by atoms with E-state index in [9.17, 15) is 9.90 Å². The molecule has 0 radical (unpaired) electrons. The molecule has 0 bridgehead atoms. The summed E-state index contributed by atoms with van der Waals surface area (Å²) in [6.07, 6.45) is 1.63. The topological polar surface area (TPSA) is 49.8 Å². The second-order valence-electron chi connectivity index (χ2n) is 4.75. The lowest BCUT2D eigenvalue weighted by Crippen LogP contribution is -2.61. The summed E-state index contributed by atoms with van der Waals surface area (Å²) in [5.74, 6) is 0.440. The fourth-order valence-electron chi connectivity index (χ4n) is 2.01. The van der Waals surface area contributed by atoms with Crippen molar-refractivity contribution in [2.45, 2.75) is 12.5 Å². The van der Waals surface area contributed by atoms with Crippen molar-refractivity contribution in [3.05, 3.63) is 42.5 Å². The average Bonchev–Trinajstić information content (AvgIpc) is 2.33.